The van der Waals surface area contributed by atoms with Gasteiger partial charge in [-0.1, -0.05) is 0 Å². The lowest BCUT2D eigenvalue weighted by Crippen LogP contribution is -2.39. The van der Waals surface area contributed by atoms with E-state index in [1.165, 1.54) is 7.11 Å². The van der Waals surface area contributed by atoms with Crippen molar-refractivity contribution >= 4 is 16.0 Å². The second kappa shape index (κ2) is 5.68. The van der Waals surface area contributed by atoms with Gasteiger partial charge in [0.2, 0.25) is 10.0 Å². The summed E-state index contributed by atoms with van der Waals surface area (Å²) in [5.74, 6) is -1.10. The number of carboxylic acid groups (broad SMARTS) is 1. The SMILES string of the molecule is COC(C)(C)CNS(=O)(=O)c1cnn(CC(=O)O)c1. The first-order chi connectivity index (χ1) is 8.66. The molecule has 8 nitrogen and oxygen atoms in total. The van der Waals surface area contributed by atoms with Gasteiger partial charge in [0.25, 0.3) is 0 Å². The highest BCUT2D eigenvalue weighted by atomic mass is 32.2. The van der Waals surface area contributed by atoms with Crippen LogP contribution < -0.4 is 4.72 Å². The highest BCUT2D eigenvalue weighted by Crippen LogP contribution is 2.10. The molecule has 0 aliphatic carbocycles. The number of nitrogens with one attached hydrogen (secondary N) is 1. The predicted octanol–water partition coefficient (Wildman–Crippen LogP) is -0.329. The fourth-order valence-electron chi connectivity index (χ4n) is 1.13. The van der Waals surface area contributed by atoms with Crippen LogP contribution in [0.25, 0.3) is 0 Å². The number of hydrogen-bond acceptors (Lipinski definition) is 5. The largest absolute Gasteiger partial charge is 0.480 e. The number of aromatic nitrogens is 2. The number of hydrogen-bond donors (Lipinski definition) is 2. The molecule has 0 aliphatic heterocycles. The number of carbonyl (C=O) groups is 1. The molecule has 0 unspecified atom stereocenters. The summed E-state index contributed by atoms with van der Waals surface area (Å²) in [6.45, 7) is 3.18. The summed E-state index contributed by atoms with van der Waals surface area (Å²) < 4.78 is 32.4. The third-order valence-corrected chi connectivity index (χ3v) is 3.81. The molecule has 0 radical (unpaired) electrons. The van der Waals surface area contributed by atoms with Gasteiger partial charge in [0.15, 0.2) is 0 Å². The van der Waals surface area contributed by atoms with Crippen molar-refractivity contribution in [2.45, 2.75) is 30.9 Å². The maximum atomic E-state index is 11.9. The van der Waals surface area contributed by atoms with Crippen LogP contribution in [0.5, 0.6) is 0 Å². The molecule has 0 aromatic carbocycles. The van der Waals surface area contributed by atoms with Gasteiger partial charge in [-0.3, -0.25) is 9.48 Å². The minimum atomic E-state index is -3.72. The lowest BCUT2D eigenvalue weighted by molar-refractivity contribution is -0.137. The van der Waals surface area contributed by atoms with Crippen LogP contribution in [0.2, 0.25) is 0 Å². The fourth-order valence-corrected chi connectivity index (χ4v) is 2.28. The second-order valence-electron chi connectivity index (χ2n) is 4.56. The van der Waals surface area contributed by atoms with Gasteiger partial charge in [-0.05, 0) is 13.8 Å². The molecule has 0 fully saturated rings. The number of carboxylic acids is 1. The summed E-state index contributed by atoms with van der Waals surface area (Å²) in [7, 11) is -2.24. The van der Waals surface area contributed by atoms with E-state index < -0.39 is 21.6 Å². The molecule has 108 valence electrons. The van der Waals surface area contributed by atoms with Crippen LogP contribution in [0, 0.1) is 0 Å². The number of sulfonamides is 1. The van der Waals surface area contributed by atoms with E-state index in [0.29, 0.717) is 0 Å². The zero-order valence-electron chi connectivity index (χ0n) is 11.0. The number of rotatable bonds is 7. The van der Waals surface area contributed by atoms with E-state index in [1.54, 1.807) is 13.8 Å². The van der Waals surface area contributed by atoms with Crippen molar-refractivity contribution in [1.82, 2.24) is 14.5 Å². The number of aliphatic carboxylic acids is 1. The number of ether oxygens (including phenoxy) is 1. The topological polar surface area (TPSA) is 111 Å². The summed E-state index contributed by atoms with van der Waals surface area (Å²) in [6.07, 6.45) is 2.27. The molecule has 1 rings (SSSR count). The highest BCUT2D eigenvalue weighted by Gasteiger charge is 2.22. The summed E-state index contributed by atoms with van der Waals surface area (Å²) in [5.41, 5.74) is -0.635. The van der Waals surface area contributed by atoms with Crippen LogP contribution in [-0.4, -0.2) is 48.5 Å². The average Bonchev–Trinajstić information content (AvgIpc) is 2.75. The third-order valence-electron chi connectivity index (χ3n) is 2.46. The van der Waals surface area contributed by atoms with Gasteiger partial charge in [0, 0.05) is 19.9 Å². The van der Waals surface area contributed by atoms with E-state index in [1.807, 2.05) is 0 Å². The molecule has 1 aromatic heterocycles. The maximum Gasteiger partial charge on any atom is 0.325 e. The Balaban J connectivity index is 2.78. The van der Waals surface area contributed by atoms with Crippen molar-refractivity contribution in [3.05, 3.63) is 12.4 Å². The van der Waals surface area contributed by atoms with Crippen molar-refractivity contribution in [3.63, 3.8) is 0 Å². The average molecular weight is 291 g/mol. The van der Waals surface area contributed by atoms with E-state index in [0.717, 1.165) is 17.1 Å². The molecular formula is C10H17N3O5S. The second-order valence-corrected chi connectivity index (χ2v) is 6.32. The summed E-state index contributed by atoms with van der Waals surface area (Å²) in [6, 6.07) is 0. The van der Waals surface area contributed by atoms with Crippen LogP contribution in [0.1, 0.15) is 13.8 Å². The van der Waals surface area contributed by atoms with Crippen LogP contribution in [0.3, 0.4) is 0 Å². The first kappa shape index (κ1) is 15.6. The van der Waals surface area contributed by atoms with Crippen molar-refractivity contribution < 1.29 is 23.1 Å². The quantitative estimate of drug-likeness (QED) is 0.711. The molecule has 19 heavy (non-hydrogen) atoms. The smallest absolute Gasteiger partial charge is 0.325 e. The maximum absolute atomic E-state index is 11.9. The monoisotopic (exact) mass is 291 g/mol. The lowest BCUT2D eigenvalue weighted by Gasteiger charge is -2.22. The van der Waals surface area contributed by atoms with Crippen LogP contribution in [-0.2, 0) is 26.1 Å². The molecule has 9 heteroatoms. The standard InChI is InChI=1S/C10H17N3O5S/c1-10(2,18-3)7-12-19(16,17)8-4-11-13(5-8)6-9(14)15/h4-5,12H,6-7H2,1-3H3,(H,14,15). The van der Waals surface area contributed by atoms with Gasteiger partial charge in [0.1, 0.15) is 11.4 Å². The Hall–Kier alpha value is -1.45. The van der Waals surface area contributed by atoms with Gasteiger partial charge in [0.05, 0.1) is 11.8 Å². The zero-order chi connectivity index (χ0) is 14.7. The third kappa shape index (κ3) is 4.62. The molecular weight excluding hydrogens is 274 g/mol. The Labute approximate surface area is 111 Å². The molecule has 0 bridgehead atoms. The van der Waals surface area contributed by atoms with Gasteiger partial charge >= 0.3 is 5.97 Å². The fraction of sp³-hybridized carbons (Fsp3) is 0.600. The van der Waals surface area contributed by atoms with Crippen molar-refractivity contribution in [2.24, 2.45) is 0 Å². The molecule has 0 atom stereocenters. The molecule has 0 aliphatic rings. The van der Waals surface area contributed by atoms with Gasteiger partial charge in [-0.25, -0.2) is 13.1 Å². The Kier molecular flexibility index (Phi) is 4.66. The predicted molar refractivity (Wildman–Crippen MR) is 66.1 cm³/mol. The van der Waals surface area contributed by atoms with Crippen molar-refractivity contribution in [1.29, 1.82) is 0 Å². The van der Waals surface area contributed by atoms with Crippen LogP contribution >= 0.6 is 0 Å². The Morgan fingerprint density at radius 2 is 2.21 bits per heavy atom. The van der Waals surface area contributed by atoms with E-state index in [-0.39, 0.29) is 18.0 Å². The Morgan fingerprint density at radius 1 is 1.58 bits per heavy atom. The zero-order valence-corrected chi connectivity index (χ0v) is 11.8. The lowest BCUT2D eigenvalue weighted by atomic mass is 10.1. The number of nitrogens with zero attached hydrogens (tertiary/aromatic N) is 2. The Bertz CT molecular complexity index is 549. The molecule has 2 N–H and O–H groups in total. The molecule has 0 amide bonds. The first-order valence-corrected chi connectivity index (χ1v) is 6.94. The van der Waals surface area contributed by atoms with Gasteiger partial charge < -0.3 is 9.84 Å². The summed E-state index contributed by atoms with van der Waals surface area (Å²) in [4.78, 5) is 10.4. The van der Waals surface area contributed by atoms with E-state index in [4.69, 9.17) is 9.84 Å². The Morgan fingerprint density at radius 3 is 2.74 bits per heavy atom. The van der Waals surface area contributed by atoms with Gasteiger partial charge in [-0.15, -0.1) is 0 Å². The molecule has 1 heterocycles. The minimum Gasteiger partial charge on any atom is -0.480 e. The highest BCUT2D eigenvalue weighted by molar-refractivity contribution is 7.89. The van der Waals surface area contributed by atoms with Crippen LogP contribution in [0.4, 0.5) is 0 Å². The normalized spacial score (nSPS) is 12.6. The van der Waals surface area contributed by atoms with E-state index in [2.05, 4.69) is 9.82 Å². The van der Waals surface area contributed by atoms with E-state index >= 15 is 0 Å². The molecule has 0 saturated heterocycles. The number of methoxy groups -OCH3 is 1. The molecule has 0 spiro atoms. The molecule has 1 aromatic rings. The van der Waals surface area contributed by atoms with E-state index in [9.17, 15) is 13.2 Å². The van der Waals surface area contributed by atoms with Crippen molar-refractivity contribution in [2.75, 3.05) is 13.7 Å². The summed E-state index contributed by atoms with van der Waals surface area (Å²) >= 11 is 0. The van der Waals surface area contributed by atoms with Gasteiger partial charge in [-0.2, -0.15) is 5.10 Å². The van der Waals surface area contributed by atoms with Crippen LogP contribution in [0.15, 0.2) is 17.3 Å². The molecule has 0 saturated carbocycles. The summed E-state index contributed by atoms with van der Waals surface area (Å²) in [5, 5.41) is 12.3. The first-order valence-electron chi connectivity index (χ1n) is 5.45. The minimum absolute atomic E-state index is 0.0827. The van der Waals surface area contributed by atoms with Crippen molar-refractivity contribution in [3.8, 4) is 0 Å².